The SMILES string of the molecule is Cc1c(C(=O)NC[C@H](C)O)sc2nc[nH]c(=O)c12. The molecule has 0 saturated heterocycles. The molecule has 2 aromatic heterocycles. The molecule has 0 unspecified atom stereocenters. The van der Waals surface area contributed by atoms with Crippen LogP contribution in [0.1, 0.15) is 22.2 Å². The molecule has 2 aromatic rings. The van der Waals surface area contributed by atoms with Gasteiger partial charge in [-0.05, 0) is 19.4 Å². The van der Waals surface area contributed by atoms with Gasteiger partial charge in [0.05, 0.1) is 22.7 Å². The molecule has 0 aromatic carbocycles. The van der Waals surface area contributed by atoms with Crippen LogP contribution in [0.4, 0.5) is 0 Å². The third-order valence-electron chi connectivity index (χ3n) is 2.50. The Morgan fingerprint density at radius 2 is 2.39 bits per heavy atom. The molecule has 1 atom stereocenters. The Hall–Kier alpha value is -1.73. The highest BCUT2D eigenvalue weighted by molar-refractivity contribution is 7.20. The number of thiophene rings is 1. The van der Waals surface area contributed by atoms with E-state index >= 15 is 0 Å². The van der Waals surface area contributed by atoms with Gasteiger partial charge in [-0.1, -0.05) is 0 Å². The van der Waals surface area contributed by atoms with Gasteiger partial charge in [0.2, 0.25) is 0 Å². The number of nitrogens with zero attached hydrogens (tertiary/aromatic N) is 1. The fourth-order valence-electron chi connectivity index (χ4n) is 1.62. The summed E-state index contributed by atoms with van der Waals surface area (Å²) in [4.78, 5) is 31.1. The zero-order chi connectivity index (χ0) is 13.3. The first-order chi connectivity index (χ1) is 8.50. The fraction of sp³-hybridized carbons (Fsp3) is 0.364. The quantitative estimate of drug-likeness (QED) is 0.750. The summed E-state index contributed by atoms with van der Waals surface area (Å²) >= 11 is 1.17. The second-order valence-corrected chi connectivity index (χ2v) is 5.03. The van der Waals surface area contributed by atoms with E-state index in [-0.39, 0.29) is 18.0 Å². The minimum Gasteiger partial charge on any atom is -0.392 e. The number of aliphatic hydroxyl groups excluding tert-OH is 1. The molecule has 0 aliphatic heterocycles. The number of fused-ring (bicyclic) bond motifs is 1. The molecule has 0 aliphatic carbocycles. The highest BCUT2D eigenvalue weighted by atomic mass is 32.1. The van der Waals surface area contributed by atoms with Crippen molar-refractivity contribution in [1.82, 2.24) is 15.3 Å². The van der Waals surface area contributed by atoms with Crippen molar-refractivity contribution in [2.45, 2.75) is 20.0 Å². The Bertz CT molecular complexity index is 645. The van der Waals surface area contributed by atoms with Crippen LogP contribution in [0.5, 0.6) is 0 Å². The Balaban J connectivity index is 2.40. The molecule has 1 amide bonds. The van der Waals surface area contributed by atoms with Gasteiger partial charge in [0, 0.05) is 6.54 Å². The number of amides is 1. The summed E-state index contributed by atoms with van der Waals surface area (Å²) < 4.78 is 0. The van der Waals surface area contributed by atoms with Crippen molar-refractivity contribution < 1.29 is 9.90 Å². The highest BCUT2D eigenvalue weighted by Crippen LogP contribution is 2.26. The first-order valence-corrected chi connectivity index (χ1v) is 6.25. The number of aromatic nitrogens is 2. The predicted molar refractivity (Wildman–Crippen MR) is 69.0 cm³/mol. The number of carbonyl (C=O) groups excluding carboxylic acids is 1. The second-order valence-electron chi connectivity index (χ2n) is 4.03. The van der Waals surface area contributed by atoms with Gasteiger partial charge in [0.25, 0.3) is 11.5 Å². The van der Waals surface area contributed by atoms with E-state index in [9.17, 15) is 9.59 Å². The summed E-state index contributed by atoms with van der Waals surface area (Å²) in [7, 11) is 0. The van der Waals surface area contributed by atoms with E-state index in [1.54, 1.807) is 13.8 Å². The Morgan fingerprint density at radius 3 is 3.00 bits per heavy atom. The molecule has 2 heterocycles. The molecular formula is C11H13N3O3S. The third-order valence-corrected chi connectivity index (χ3v) is 3.70. The average molecular weight is 267 g/mol. The van der Waals surface area contributed by atoms with Gasteiger partial charge in [-0.3, -0.25) is 9.59 Å². The van der Waals surface area contributed by atoms with Gasteiger partial charge in [-0.25, -0.2) is 4.98 Å². The average Bonchev–Trinajstić information content (AvgIpc) is 2.65. The lowest BCUT2D eigenvalue weighted by Gasteiger charge is -2.05. The van der Waals surface area contributed by atoms with Crippen LogP contribution in [-0.2, 0) is 0 Å². The van der Waals surface area contributed by atoms with Gasteiger partial charge < -0.3 is 15.4 Å². The highest BCUT2D eigenvalue weighted by Gasteiger charge is 2.18. The standard InChI is InChI=1S/C11H13N3O3S/c1-5(15)3-12-10(17)8-6(2)7-9(16)13-4-14-11(7)18-8/h4-5,15H,3H2,1-2H3,(H,12,17)(H,13,14,16)/t5-/m0/s1. The maximum atomic E-state index is 11.9. The molecule has 18 heavy (non-hydrogen) atoms. The molecule has 0 bridgehead atoms. The summed E-state index contributed by atoms with van der Waals surface area (Å²) in [6.45, 7) is 3.48. The first-order valence-electron chi connectivity index (χ1n) is 5.43. The normalized spacial score (nSPS) is 12.6. The number of nitrogens with one attached hydrogen (secondary N) is 2. The molecule has 0 saturated carbocycles. The van der Waals surface area contributed by atoms with Crippen LogP contribution in [0, 0.1) is 6.92 Å². The molecule has 2 rings (SSSR count). The summed E-state index contributed by atoms with van der Waals surface area (Å²) in [5.74, 6) is -0.296. The number of aryl methyl sites for hydroxylation is 1. The third kappa shape index (κ3) is 2.27. The molecule has 96 valence electrons. The maximum absolute atomic E-state index is 11.9. The molecule has 0 radical (unpaired) electrons. The van der Waals surface area contributed by atoms with Crippen LogP contribution in [0.2, 0.25) is 0 Å². The summed E-state index contributed by atoms with van der Waals surface area (Å²) in [5, 5.41) is 12.2. The minimum atomic E-state index is -0.606. The van der Waals surface area contributed by atoms with Crippen LogP contribution in [0.3, 0.4) is 0 Å². The predicted octanol–water partition coefficient (Wildman–Crippen LogP) is 0.404. The zero-order valence-electron chi connectivity index (χ0n) is 9.98. The lowest BCUT2D eigenvalue weighted by Crippen LogP contribution is -2.30. The zero-order valence-corrected chi connectivity index (χ0v) is 10.8. The number of aromatic amines is 1. The van der Waals surface area contributed by atoms with Crippen molar-refractivity contribution in [3.05, 3.63) is 27.1 Å². The Kier molecular flexibility index (Phi) is 3.44. The van der Waals surface area contributed by atoms with E-state index in [1.165, 1.54) is 17.7 Å². The first kappa shape index (κ1) is 12.7. The maximum Gasteiger partial charge on any atom is 0.261 e. The van der Waals surface area contributed by atoms with Crippen molar-refractivity contribution >= 4 is 27.5 Å². The van der Waals surface area contributed by atoms with Gasteiger partial charge in [-0.15, -0.1) is 11.3 Å². The van der Waals surface area contributed by atoms with Crippen LogP contribution in [0.15, 0.2) is 11.1 Å². The molecule has 6 nitrogen and oxygen atoms in total. The monoisotopic (exact) mass is 267 g/mol. The largest absolute Gasteiger partial charge is 0.392 e. The number of rotatable bonds is 3. The van der Waals surface area contributed by atoms with Gasteiger partial charge >= 0.3 is 0 Å². The van der Waals surface area contributed by atoms with E-state index in [4.69, 9.17) is 5.11 Å². The van der Waals surface area contributed by atoms with Crippen LogP contribution in [-0.4, -0.2) is 33.6 Å². The van der Waals surface area contributed by atoms with Crippen molar-refractivity contribution in [1.29, 1.82) is 0 Å². The van der Waals surface area contributed by atoms with Gasteiger partial charge in [-0.2, -0.15) is 0 Å². The molecule has 3 N–H and O–H groups in total. The van der Waals surface area contributed by atoms with Crippen molar-refractivity contribution in [3.63, 3.8) is 0 Å². The number of H-pyrrole nitrogens is 1. The molecule has 0 aliphatic rings. The number of carbonyl (C=O) groups is 1. The Labute approximate surface area is 107 Å². The van der Waals surface area contributed by atoms with Crippen molar-refractivity contribution in [2.24, 2.45) is 0 Å². The minimum absolute atomic E-state index is 0.177. The topological polar surface area (TPSA) is 95.1 Å². The molecule has 0 spiro atoms. The van der Waals surface area contributed by atoms with Crippen LogP contribution < -0.4 is 10.9 Å². The summed E-state index contributed by atoms with van der Waals surface area (Å²) in [5.41, 5.74) is 0.371. The van der Waals surface area contributed by atoms with Gasteiger partial charge in [0.15, 0.2) is 0 Å². The molecular weight excluding hydrogens is 254 g/mol. The summed E-state index contributed by atoms with van der Waals surface area (Å²) in [6.07, 6.45) is 0.711. The lowest BCUT2D eigenvalue weighted by atomic mass is 10.2. The second kappa shape index (κ2) is 4.87. The van der Waals surface area contributed by atoms with E-state index in [1.807, 2.05) is 0 Å². The van der Waals surface area contributed by atoms with E-state index in [2.05, 4.69) is 15.3 Å². The Morgan fingerprint density at radius 1 is 1.67 bits per heavy atom. The smallest absolute Gasteiger partial charge is 0.261 e. The van der Waals surface area contributed by atoms with Crippen molar-refractivity contribution in [2.75, 3.05) is 6.54 Å². The summed E-state index contributed by atoms with van der Waals surface area (Å²) in [6, 6.07) is 0. The van der Waals surface area contributed by atoms with Crippen LogP contribution in [0.25, 0.3) is 10.2 Å². The van der Waals surface area contributed by atoms with E-state index in [0.29, 0.717) is 20.7 Å². The molecule has 7 heteroatoms. The number of hydrogen-bond acceptors (Lipinski definition) is 5. The van der Waals surface area contributed by atoms with E-state index < -0.39 is 6.10 Å². The number of hydrogen-bond donors (Lipinski definition) is 3. The molecule has 0 fully saturated rings. The van der Waals surface area contributed by atoms with E-state index in [0.717, 1.165) is 0 Å². The number of aliphatic hydroxyl groups is 1. The van der Waals surface area contributed by atoms with Crippen molar-refractivity contribution in [3.8, 4) is 0 Å². The fourth-order valence-corrected chi connectivity index (χ4v) is 2.68. The lowest BCUT2D eigenvalue weighted by molar-refractivity contribution is 0.0927. The van der Waals surface area contributed by atoms with Crippen LogP contribution >= 0.6 is 11.3 Å². The van der Waals surface area contributed by atoms with Gasteiger partial charge in [0.1, 0.15) is 4.83 Å².